The number of urea groups is 1. The molecule has 0 aliphatic heterocycles. The summed E-state index contributed by atoms with van der Waals surface area (Å²) in [6.45, 7) is 4.35. The van der Waals surface area contributed by atoms with Crippen molar-refractivity contribution in [3.05, 3.63) is 58.9 Å². The molecule has 3 amide bonds. The lowest BCUT2D eigenvalue weighted by Gasteiger charge is -2.18. The van der Waals surface area contributed by atoms with E-state index in [-0.39, 0.29) is 11.9 Å². The van der Waals surface area contributed by atoms with E-state index in [0.717, 1.165) is 33.7 Å². The Kier molecular flexibility index (Phi) is 5.59. The molecule has 3 rings (SSSR count). The van der Waals surface area contributed by atoms with E-state index < -0.39 is 0 Å². The second-order valence-electron chi connectivity index (χ2n) is 7.65. The fraction of sp³-hybridized carbons (Fsp3) is 0.318. The van der Waals surface area contributed by atoms with E-state index >= 15 is 0 Å². The zero-order chi connectivity index (χ0) is 21.3. The van der Waals surface area contributed by atoms with Crippen molar-refractivity contribution in [3.8, 4) is 0 Å². The van der Waals surface area contributed by atoms with Crippen LogP contribution in [-0.2, 0) is 13.6 Å². The van der Waals surface area contributed by atoms with Crippen LogP contribution in [0.3, 0.4) is 0 Å². The molecule has 1 N–H and O–H groups in total. The van der Waals surface area contributed by atoms with Crippen LogP contribution in [0.1, 0.15) is 27.3 Å². The first kappa shape index (κ1) is 20.4. The highest BCUT2D eigenvalue weighted by Gasteiger charge is 2.16. The van der Waals surface area contributed by atoms with Crippen LogP contribution >= 0.6 is 0 Å². The second-order valence-corrected chi connectivity index (χ2v) is 7.65. The summed E-state index contributed by atoms with van der Waals surface area (Å²) >= 11 is 0. The Hall–Kier alpha value is -3.35. The number of rotatable bonds is 4. The number of nitrogens with zero attached hydrogens (tertiary/aromatic N) is 4. The van der Waals surface area contributed by atoms with Gasteiger partial charge in [-0.1, -0.05) is 6.07 Å². The van der Waals surface area contributed by atoms with Gasteiger partial charge in [0.05, 0.1) is 17.6 Å². The number of imidazole rings is 1. The van der Waals surface area contributed by atoms with E-state index in [0.29, 0.717) is 12.1 Å². The molecule has 29 heavy (non-hydrogen) atoms. The van der Waals surface area contributed by atoms with Crippen molar-refractivity contribution in [1.29, 1.82) is 0 Å². The zero-order valence-electron chi connectivity index (χ0n) is 17.8. The van der Waals surface area contributed by atoms with Gasteiger partial charge in [-0.15, -0.1) is 0 Å². The van der Waals surface area contributed by atoms with Gasteiger partial charge in [-0.2, -0.15) is 0 Å². The summed E-state index contributed by atoms with van der Waals surface area (Å²) in [6, 6.07) is 11.2. The smallest absolute Gasteiger partial charge is 0.321 e. The Labute approximate surface area is 170 Å². The van der Waals surface area contributed by atoms with Crippen LogP contribution in [0.2, 0.25) is 0 Å². The number of hydrogen-bond acceptors (Lipinski definition) is 3. The molecule has 1 heterocycles. The van der Waals surface area contributed by atoms with Crippen LogP contribution in [-0.4, -0.2) is 52.4 Å². The topological polar surface area (TPSA) is 70.5 Å². The van der Waals surface area contributed by atoms with Gasteiger partial charge in [0.2, 0.25) is 0 Å². The molecular formula is C22H27N5O2. The minimum Gasteiger partial charge on any atom is -0.345 e. The maximum absolute atomic E-state index is 12.6. The third kappa shape index (κ3) is 4.39. The van der Waals surface area contributed by atoms with Crippen molar-refractivity contribution >= 4 is 28.7 Å². The van der Waals surface area contributed by atoms with Gasteiger partial charge in [-0.25, -0.2) is 9.78 Å². The summed E-state index contributed by atoms with van der Waals surface area (Å²) in [5.41, 5.74) is 5.21. The lowest BCUT2D eigenvalue weighted by Crippen LogP contribution is -2.31. The largest absolute Gasteiger partial charge is 0.345 e. The molecule has 0 aliphatic carbocycles. The lowest BCUT2D eigenvalue weighted by atomic mass is 10.1. The Morgan fingerprint density at radius 1 is 1.03 bits per heavy atom. The Balaban J connectivity index is 1.78. The highest BCUT2D eigenvalue weighted by Crippen LogP contribution is 2.19. The molecule has 0 atom stereocenters. The van der Waals surface area contributed by atoms with Crippen LogP contribution in [0.25, 0.3) is 11.0 Å². The zero-order valence-corrected chi connectivity index (χ0v) is 17.8. The third-order valence-electron chi connectivity index (χ3n) is 4.82. The fourth-order valence-corrected chi connectivity index (χ4v) is 3.33. The summed E-state index contributed by atoms with van der Waals surface area (Å²) in [4.78, 5) is 32.6. The van der Waals surface area contributed by atoms with Crippen molar-refractivity contribution in [2.45, 2.75) is 20.4 Å². The van der Waals surface area contributed by atoms with Crippen LogP contribution in [0.5, 0.6) is 0 Å². The molecule has 0 bridgehead atoms. The summed E-state index contributed by atoms with van der Waals surface area (Å²) in [6.07, 6.45) is 0. The number of nitrogens with one attached hydrogen (secondary N) is 1. The molecule has 0 aliphatic rings. The lowest BCUT2D eigenvalue weighted by molar-refractivity contribution is 0.0827. The van der Waals surface area contributed by atoms with Gasteiger partial charge in [0, 0.05) is 39.4 Å². The normalized spacial score (nSPS) is 10.8. The number of amides is 3. The van der Waals surface area contributed by atoms with Crippen molar-refractivity contribution in [1.82, 2.24) is 19.4 Å². The molecule has 3 aromatic rings. The second kappa shape index (κ2) is 7.95. The summed E-state index contributed by atoms with van der Waals surface area (Å²) in [5.74, 6) is 0.677. The van der Waals surface area contributed by atoms with E-state index in [1.54, 1.807) is 38.2 Å². The van der Waals surface area contributed by atoms with Gasteiger partial charge >= 0.3 is 6.03 Å². The number of aryl methyl sites for hydroxylation is 3. The maximum Gasteiger partial charge on any atom is 0.321 e. The van der Waals surface area contributed by atoms with Crippen molar-refractivity contribution in [2.75, 3.05) is 26.5 Å². The van der Waals surface area contributed by atoms with Gasteiger partial charge in [-0.3, -0.25) is 4.79 Å². The molecule has 0 spiro atoms. The molecule has 2 aromatic carbocycles. The average molecular weight is 393 g/mol. The summed E-state index contributed by atoms with van der Waals surface area (Å²) < 4.78 is 1.94. The van der Waals surface area contributed by atoms with E-state index in [2.05, 4.69) is 16.4 Å². The maximum atomic E-state index is 12.6. The highest BCUT2D eigenvalue weighted by molar-refractivity contribution is 5.97. The molecule has 7 nitrogen and oxygen atoms in total. The van der Waals surface area contributed by atoms with Gasteiger partial charge in [0.25, 0.3) is 5.91 Å². The first-order valence-corrected chi connectivity index (χ1v) is 9.43. The van der Waals surface area contributed by atoms with Crippen molar-refractivity contribution in [3.63, 3.8) is 0 Å². The molecule has 1 aromatic heterocycles. The quantitative estimate of drug-likeness (QED) is 0.737. The van der Waals surface area contributed by atoms with Crippen molar-refractivity contribution in [2.24, 2.45) is 7.05 Å². The number of benzene rings is 2. The van der Waals surface area contributed by atoms with Crippen LogP contribution in [0, 0.1) is 13.8 Å². The molecule has 0 saturated heterocycles. The van der Waals surface area contributed by atoms with Crippen LogP contribution in [0.15, 0.2) is 36.4 Å². The first-order valence-electron chi connectivity index (χ1n) is 9.43. The monoisotopic (exact) mass is 393 g/mol. The van der Waals surface area contributed by atoms with Gasteiger partial charge in [0.15, 0.2) is 0 Å². The summed E-state index contributed by atoms with van der Waals surface area (Å²) in [7, 11) is 7.09. The molecular weight excluding hydrogens is 366 g/mol. The standard InChI is InChI=1S/C22H27N5O2/c1-14-9-15(2)11-17(10-14)23-22(29)26(5)13-20-24-18-12-16(21(28)25(3)4)7-8-19(18)27(20)6/h7-12H,13H2,1-6H3,(H,23,29). The summed E-state index contributed by atoms with van der Waals surface area (Å²) in [5, 5.41) is 2.93. The molecule has 152 valence electrons. The molecule has 7 heteroatoms. The van der Waals surface area contributed by atoms with Gasteiger partial charge < -0.3 is 19.7 Å². The number of carbonyl (C=O) groups is 2. The molecule has 0 saturated carbocycles. The van der Waals surface area contributed by atoms with Gasteiger partial charge in [-0.05, 0) is 55.3 Å². The molecule has 0 radical (unpaired) electrons. The predicted octanol–water partition coefficient (Wildman–Crippen LogP) is 3.56. The SMILES string of the molecule is Cc1cc(C)cc(NC(=O)N(C)Cc2nc3cc(C(=O)N(C)C)ccc3n2C)c1. The Morgan fingerprint density at radius 3 is 2.31 bits per heavy atom. The van der Waals surface area contributed by atoms with E-state index in [9.17, 15) is 9.59 Å². The van der Waals surface area contributed by atoms with E-state index in [1.165, 1.54) is 4.90 Å². The number of aromatic nitrogens is 2. The van der Waals surface area contributed by atoms with Gasteiger partial charge in [0.1, 0.15) is 5.82 Å². The van der Waals surface area contributed by atoms with E-state index in [4.69, 9.17) is 0 Å². The Morgan fingerprint density at radius 2 is 1.69 bits per heavy atom. The molecule has 0 unspecified atom stereocenters. The highest BCUT2D eigenvalue weighted by atomic mass is 16.2. The minimum atomic E-state index is -0.203. The number of carbonyl (C=O) groups excluding carboxylic acids is 2. The van der Waals surface area contributed by atoms with Crippen LogP contribution < -0.4 is 5.32 Å². The number of hydrogen-bond donors (Lipinski definition) is 1. The predicted molar refractivity (Wildman–Crippen MR) is 115 cm³/mol. The average Bonchev–Trinajstić information content (AvgIpc) is 2.95. The third-order valence-corrected chi connectivity index (χ3v) is 4.82. The van der Waals surface area contributed by atoms with Crippen molar-refractivity contribution < 1.29 is 9.59 Å². The number of fused-ring (bicyclic) bond motifs is 1. The number of anilines is 1. The minimum absolute atomic E-state index is 0.0657. The molecule has 0 fully saturated rings. The fourth-order valence-electron chi connectivity index (χ4n) is 3.33. The Bertz CT molecular complexity index is 1060. The van der Waals surface area contributed by atoms with Crippen LogP contribution in [0.4, 0.5) is 10.5 Å². The first-order chi connectivity index (χ1) is 13.7. The van der Waals surface area contributed by atoms with E-state index in [1.807, 2.05) is 43.7 Å².